The molecular weight excluding hydrogens is 373 g/mol. The van der Waals surface area contributed by atoms with Gasteiger partial charge in [-0.1, -0.05) is 109 Å². The van der Waals surface area contributed by atoms with Crippen molar-refractivity contribution in [2.24, 2.45) is 4.74 Å². The molecule has 0 spiro atoms. The average Bonchev–Trinajstić information content (AvgIpc) is 2.79. The Morgan fingerprint density at radius 2 is 1.07 bits per heavy atom. The Bertz CT molecular complexity index is 1070. The lowest BCUT2D eigenvalue weighted by Crippen LogP contribution is -2.26. The molecule has 3 heteroatoms. The summed E-state index contributed by atoms with van der Waals surface area (Å²) in [4.78, 5) is 13.4. The van der Waals surface area contributed by atoms with Crippen molar-refractivity contribution in [3.05, 3.63) is 126 Å². The predicted octanol–water partition coefficient (Wildman–Crippen LogP) is 5.31. The number of aryl methyl sites for hydroxylation is 1. The fourth-order valence-corrected chi connectivity index (χ4v) is 6.96. The average molecular weight is 395 g/mol. The largest absolute Gasteiger partial charge is 0.276 e. The van der Waals surface area contributed by atoms with Crippen LogP contribution in [0, 0.1) is 6.92 Å². The van der Waals surface area contributed by atoms with Crippen molar-refractivity contribution in [2.45, 2.75) is 6.92 Å². The number of hydrogen-bond donors (Lipinski definition) is 0. The number of hydrogen-bond acceptors (Lipinski definition) is 1. The zero-order chi connectivity index (χ0) is 20.1. The molecule has 2 nitrogen and oxygen atoms in total. The molecule has 0 fully saturated rings. The van der Waals surface area contributed by atoms with Crippen molar-refractivity contribution in [3.63, 3.8) is 0 Å². The van der Waals surface area contributed by atoms with E-state index in [0.29, 0.717) is 5.56 Å². The molecule has 0 saturated heterocycles. The lowest BCUT2D eigenvalue weighted by atomic mass is 10.1. The quantitative estimate of drug-likeness (QED) is 0.431. The van der Waals surface area contributed by atoms with Gasteiger partial charge in [0.1, 0.15) is 0 Å². The molecule has 29 heavy (non-hydrogen) atoms. The normalized spacial score (nSPS) is 11.1. The van der Waals surface area contributed by atoms with Crippen LogP contribution in [0.4, 0.5) is 0 Å². The minimum atomic E-state index is -2.51. The number of rotatable bonds is 4. The number of carbonyl (C=O) groups is 1. The second-order valence-electron chi connectivity index (χ2n) is 6.92. The van der Waals surface area contributed by atoms with Crippen molar-refractivity contribution in [1.29, 1.82) is 0 Å². The van der Waals surface area contributed by atoms with Crippen LogP contribution in [-0.2, 0) is 0 Å². The monoisotopic (exact) mass is 395 g/mol. The van der Waals surface area contributed by atoms with E-state index in [-0.39, 0.29) is 5.91 Å². The van der Waals surface area contributed by atoms with Crippen LogP contribution in [0.3, 0.4) is 0 Å². The third kappa shape index (κ3) is 3.85. The van der Waals surface area contributed by atoms with Crippen molar-refractivity contribution in [3.8, 4) is 0 Å². The van der Waals surface area contributed by atoms with E-state index in [9.17, 15) is 4.79 Å². The zero-order valence-electron chi connectivity index (χ0n) is 16.3. The molecule has 142 valence electrons. The maximum absolute atomic E-state index is 13.4. The summed E-state index contributed by atoms with van der Waals surface area (Å²) in [5.41, 5.74) is 1.67. The highest BCUT2D eigenvalue weighted by Crippen LogP contribution is 2.46. The van der Waals surface area contributed by atoms with Gasteiger partial charge in [-0.3, -0.25) is 4.79 Å². The van der Waals surface area contributed by atoms with Crippen LogP contribution >= 0.6 is 7.05 Å². The standard InChI is InChI=1S/C26H22NOP/c1-21-12-11-13-22(20-21)26(28)27-29(23-14-5-2-6-15-23,24-16-7-3-8-17-24)25-18-9-4-10-19-25/h2-20H,1H3. The van der Waals surface area contributed by atoms with Gasteiger partial charge >= 0.3 is 0 Å². The van der Waals surface area contributed by atoms with E-state index < -0.39 is 7.05 Å². The van der Waals surface area contributed by atoms with Crippen LogP contribution in [0.5, 0.6) is 0 Å². The van der Waals surface area contributed by atoms with Crippen LogP contribution < -0.4 is 15.9 Å². The summed E-state index contributed by atoms with van der Waals surface area (Å²) in [6.45, 7) is 1.99. The first-order valence-electron chi connectivity index (χ1n) is 9.60. The number of benzene rings is 4. The summed E-state index contributed by atoms with van der Waals surface area (Å²) >= 11 is 0. The molecule has 4 aromatic carbocycles. The maximum atomic E-state index is 13.4. The van der Waals surface area contributed by atoms with Crippen LogP contribution in [0.1, 0.15) is 15.9 Å². The first kappa shape index (κ1) is 19.1. The zero-order valence-corrected chi connectivity index (χ0v) is 17.2. The van der Waals surface area contributed by atoms with Crippen molar-refractivity contribution >= 4 is 28.9 Å². The number of carbonyl (C=O) groups excluding carboxylic acids is 1. The number of nitrogens with zero attached hydrogens (tertiary/aromatic N) is 1. The summed E-state index contributed by atoms with van der Waals surface area (Å²) in [6.07, 6.45) is 0. The van der Waals surface area contributed by atoms with Crippen molar-refractivity contribution in [1.82, 2.24) is 0 Å². The van der Waals surface area contributed by atoms with Gasteiger partial charge in [-0.25, -0.2) is 4.74 Å². The Labute approximate surface area is 171 Å². The minimum Gasteiger partial charge on any atom is -0.267 e. The first-order chi connectivity index (χ1) is 14.2. The molecule has 0 aliphatic carbocycles. The van der Waals surface area contributed by atoms with Gasteiger partial charge < -0.3 is 0 Å². The molecule has 0 radical (unpaired) electrons. The molecule has 0 N–H and O–H groups in total. The van der Waals surface area contributed by atoms with E-state index in [2.05, 4.69) is 36.4 Å². The van der Waals surface area contributed by atoms with Gasteiger partial charge in [0.15, 0.2) is 0 Å². The van der Waals surface area contributed by atoms with Crippen LogP contribution in [0.15, 0.2) is 120 Å². The SMILES string of the molecule is Cc1cccc(C(=O)N=P(c2ccccc2)(c2ccccc2)c2ccccc2)c1. The molecule has 1 amide bonds. The van der Waals surface area contributed by atoms with E-state index in [0.717, 1.165) is 21.5 Å². The van der Waals surface area contributed by atoms with Gasteiger partial charge in [0.05, 0.1) is 7.05 Å². The Hall–Kier alpha value is -3.22. The summed E-state index contributed by atoms with van der Waals surface area (Å²) in [6, 6.07) is 38.2. The summed E-state index contributed by atoms with van der Waals surface area (Å²) in [7, 11) is -2.51. The van der Waals surface area contributed by atoms with Gasteiger partial charge in [-0.2, -0.15) is 0 Å². The fourth-order valence-electron chi connectivity index (χ4n) is 3.52. The van der Waals surface area contributed by atoms with E-state index in [1.54, 1.807) is 0 Å². The highest BCUT2D eigenvalue weighted by atomic mass is 31.2. The van der Waals surface area contributed by atoms with E-state index in [1.165, 1.54) is 0 Å². The topological polar surface area (TPSA) is 29.4 Å². The molecule has 0 bridgehead atoms. The van der Waals surface area contributed by atoms with Gasteiger partial charge in [0.25, 0.3) is 5.91 Å². The first-order valence-corrected chi connectivity index (χ1v) is 11.3. The Morgan fingerprint density at radius 3 is 1.48 bits per heavy atom. The molecule has 0 aliphatic heterocycles. The van der Waals surface area contributed by atoms with Crippen molar-refractivity contribution < 1.29 is 4.79 Å². The lowest BCUT2D eigenvalue weighted by Gasteiger charge is -2.26. The second kappa shape index (κ2) is 8.43. The Kier molecular flexibility index (Phi) is 5.55. The van der Waals surface area contributed by atoms with Gasteiger partial charge in [-0.05, 0) is 19.1 Å². The summed E-state index contributed by atoms with van der Waals surface area (Å²) in [5.74, 6) is -0.182. The molecule has 0 atom stereocenters. The molecular formula is C26H22NOP. The smallest absolute Gasteiger partial charge is 0.267 e. The second-order valence-corrected chi connectivity index (χ2v) is 9.94. The van der Waals surface area contributed by atoms with Gasteiger partial charge in [0.2, 0.25) is 0 Å². The van der Waals surface area contributed by atoms with E-state index in [4.69, 9.17) is 4.74 Å². The van der Waals surface area contributed by atoms with Crippen LogP contribution in [-0.4, -0.2) is 5.91 Å². The number of amides is 1. The van der Waals surface area contributed by atoms with Crippen LogP contribution in [0.2, 0.25) is 0 Å². The highest BCUT2D eigenvalue weighted by molar-refractivity contribution is 7.87. The van der Waals surface area contributed by atoms with E-state index >= 15 is 0 Å². The third-order valence-electron chi connectivity index (χ3n) is 4.90. The van der Waals surface area contributed by atoms with Crippen LogP contribution in [0.25, 0.3) is 0 Å². The third-order valence-corrected chi connectivity index (χ3v) is 8.51. The minimum absolute atomic E-state index is 0.182. The van der Waals surface area contributed by atoms with Gasteiger partial charge in [0, 0.05) is 21.5 Å². The molecule has 4 aromatic rings. The van der Waals surface area contributed by atoms with Crippen molar-refractivity contribution in [2.75, 3.05) is 0 Å². The lowest BCUT2D eigenvalue weighted by molar-refractivity contribution is 0.100. The molecule has 0 saturated carbocycles. The molecule has 0 heterocycles. The maximum Gasteiger partial charge on any atom is 0.276 e. The Balaban J connectivity index is 2.07. The predicted molar refractivity (Wildman–Crippen MR) is 123 cm³/mol. The highest BCUT2D eigenvalue weighted by Gasteiger charge is 2.28. The molecule has 0 aromatic heterocycles. The van der Waals surface area contributed by atoms with Gasteiger partial charge in [-0.15, -0.1) is 0 Å². The summed E-state index contributed by atoms with van der Waals surface area (Å²) < 4.78 is 5.00. The molecule has 4 rings (SSSR count). The van der Waals surface area contributed by atoms with E-state index in [1.807, 2.05) is 85.8 Å². The molecule has 0 aliphatic rings. The Morgan fingerprint density at radius 1 is 0.621 bits per heavy atom. The summed E-state index contributed by atoms with van der Waals surface area (Å²) in [5, 5.41) is 3.20. The fraction of sp³-hybridized carbons (Fsp3) is 0.0385. The molecule has 0 unspecified atom stereocenters.